The van der Waals surface area contributed by atoms with Crippen LogP contribution in [0.25, 0.3) is 0 Å². The largest absolute Gasteiger partial charge is 0.473 e. The van der Waals surface area contributed by atoms with Gasteiger partial charge in [0.15, 0.2) is 0 Å². The lowest BCUT2D eigenvalue weighted by atomic mass is 10.1. The molecule has 0 unspecified atom stereocenters. The average Bonchev–Trinajstić information content (AvgIpc) is 2.19. The molecule has 87 valence electrons. The first-order chi connectivity index (χ1) is 7.39. The first-order valence-electron chi connectivity index (χ1n) is 4.42. The second-order valence-corrected chi connectivity index (χ2v) is 3.50. The summed E-state index contributed by atoms with van der Waals surface area (Å²) in [6, 6.07) is 6.61. The van der Waals surface area contributed by atoms with Crippen molar-refractivity contribution in [2.24, 2.45) is 0 Å². The zero-order valence-electron chi connectivity index (χ0n) is 8.09. The molecule has 1 amide bonds. The minimum atomic E-state index is -4.88. The van der Waals surface area contributed by atoms with E-state index < -0.39 is 12.1 Å². The molecule has 2 nitrogen and oxygen atoms in total. The van der Waals surface area contributed by atoms with Gasteiger partial charge in [0.1, 0.15) is 0 Å². The highest BCUT2D eigenvalue weighted by Gasteiger charge is 2.39. The van der Waals surface area contributed by atoms with E-state index in [0.717, 1.165) is 5.56 Å². The molecule has 0 atom stereocenters. The van der Waals surface area contributed by atoms with Crippen LogP contribution in [0.4, 0.5) is 13.2 Å². The molecule has 0 spiro atoms. The van der Waals surface area contributed by atoms with E-state index >= 15 is 0 Å². The van der Waals surface area contributed by atoms with Crippen molar-refractivity contribution in [2.75, 3.05) is 6.54 Å². The number of halogens is 4. The zero-order chi connectivity index (χ0) is 12.2. The molecule has 0 bridgehead atoms. The number of hydrogen-bond donors (Lipinski definition) is 0. The van der Waals surface area contributed by atoms with Gasteiger partial charge in [0.05, 0.1) is 0 Å². The van der Waals surface area contributed by atoms with Gasteiger partial charge in [0.2, 0.25) is 0 Å². The number of nitrogens with zero attached hydrogens (tertiary/aromatic N) is 1. The minimum absolute atomic E-state index is 0.181. The Morgan fingerprint density at radius 1 is 1.25 bits per heavy atom. The van der Waals surface area contributed by atoms with E-state index in [4.69, 9.17) is 11.6 Å². The van der Waals surface area contributed by atoms with Gasteiger partial charge < -0.3 is 0 Å². The molecule has 1 rings (SSSR count). The van der Waals surface area contributed by atoms with Crippen LogP contribution in [0, 0.1) is 0 Å². The summed E-state index contributed by atoms with van der Waals surface area (Å²) in [5, 5.41) is 3.46. The smallest absolute Gasteiger partial charge is 0.262 e. The van der Waals surface area contributed by atoms with Crippen molar-refractivity contribution in [2.45, 2.75) is 12.6 Å². The standard InChI is InChI=1S/C10H8ClF3NO/c11-8-3-1-7(2-4-8)5-6-15-9(16)10(12,13)14/h1-4H,5-6H2. The Labute approximate surface area is 95.4 Å². The van der Waals surface area contributed by atoms with Crippen LogP contribution in [0.3, 0.4) is 0 Å². The van der Waals surface area contributed by atoms with Gasteiger partial charge >= 0.3 is 12.1 Å². The number of alkyl halides is 3. The van der Waals surface area contributed by atoms with Gasteiger partial charge in [-0.2, -0.15) is 13.2 Å². The van der Waals surface area contributed by atoms with Gasteiger partial charge in [0, 0.05) is 11.6 Å². The SMILES string of the molecule is O=C([N]CCc1ccc(Cl)cc1)C(F)(F)F. The normalized spacial score (nSPS) is 11.2. The Hall–Kier alpha value is -1.23. The molecule has 6 heteroatoms. The second kappa shape index (κ2) is 5.21. The van der Waals surface area contributed by atoms with Crippen molar-refractivity contribution in [3.05, 3.63) is 34.9 Å². The maximum Gasteiger partial charge on any atom is 0.473 e. The number of carbonyl (C=O) groups excluding carboxylic acids is 1. The van der Waals surface area contributed by atoms with E-state index in [-0.39, 0.29) is 13.0 Å². The summed E-state index contributed by atoms with van der Waals surface area (Å²) >= 11 is 5.63. The third kappa shape index (κ3) is 4.10. The quantitative estimate of drug-likeness (QED) is 0.811. The fourth-order valence-electron chi connectivity index (χ4n) is 1.03. The molecule has 0 aliphatic rings. The third-order valence-electron chi connectivity index (χ3n) is 1.81. The predicted molar refractivity (Wildman–Crippen MR) is 53.2 cm³/mol. The monoisotopic (exact) mass is 250 g/mol. The maximum atomic E-state index is 11.8. The van der Waals surface area contributed by atoms with Crippen molar-refractivity contribution in [3.63, 3.8) is 0 Å². The van der Waals surface area contributed by atoms with Crippen molar-refractivity contribution < 1.29 is 18.0 Å². The summed E-state index contributed by atoms with van der Waals surface area (Å²) in [4.78, 5) is 10.4. The van der Waals surface area contributed by atoms with E-state index in [0.29, 0.717) is 5.02 Å². The second-order valence-electron chi connectivity index (χ2n) is 3.06. The van der Waals surface area contributed by atoms with Gasteiger partial charge in [-0.25, -0.2) is 5.32 Å². The Morgan fingerprint density at radius 3 is 2.31 bits per heavy atom. The van der Waals surface area contributed by atoms with Crippen molar-refractivity contribution >= 4 is 17.5 Å². The van der Waals surface area contributed by atoms with E-state index in [2.05, 4.69) is 5.32 Å². The lowest BCUT2D eigenvalue weighted by Crippen LogP contribution is -2.32. The molecular formula is C10H8ClF3NO. The molecular weight excluding hydrogens is 243 g/mol. The first-order valence-corrected chi connectivity index (χ1v) is 4.80. The van der Waals surface area contributed by atoms with Gasteiger partial charge in [-0.3, -0.25) is 4.79 Å². The molecule has 0 heterocycles. The molecule has 0 fully saturated rings. The van der Waals surface area contributed by atoms with Gasteiger partial charge in [-0.1, -0.05) is 23.7 Å². The Morgan fingerprint density at radius 2 is 1.81 bits per heavy atom. The topological polar surface area (TPSA) is 31.2 Å². The lowest BCUT2D eigenvalue weighted by Gasteiger charge is -2.05. The molecule has 1 radical (unpaired) electrons. The van der Waals surface area contributed by atoms with E-state index in [1.807, 2.05) is 0 Å². The van der Waals surface area contributed by atoms with Gasteiger partial charge in [-0.15, -0.1) is 0 Å². The summed E-state index contributed by atoms with van der Waals surface area (Å²) in [5.41, 5.74) is 0.781. The Balaban J connectivity index is 2.36. The highest BCUT2D eigenvalue weighted by atomic mass is 35.5. The summed E-state index contributed by atoms with van der Waals surface area (Å²) < 4.78 is 35.3. The predicted octanol–water partition coefficient (Wildman–Crippen LogP) is 2.58. The van der Waals surface area contributed by atoms with Gasteiger partial charge in [0.25, 0.3) is 0 Å². The van der Waals surface area contributed by atoms with Crippen LogP contribution < -0.4 is 5.32 Å². The molecule has 1 aromatic carbocycles. The average molecular weight is 251 g/mol. The molecule has 0 N–H and O–H groups in total. The molecule has 0 aliphatic carbocycles. The maximum absolute atomic E-state index is 11.8. The Bertz CT molecular complexity index is 361. The van der Waals surface area contributed by atoms with E-state index in [1.54, 1.807) is 24.3 Å². The Kier molecular flexibility index (Phi) is 4.18. The van der Waals surface area contributed by atoms with Crippen LogP contribution in [-0.4, -0.2) is 18.6 Å². The summed E-state index contributed by atoms with van der Waals surface area (Å²) in [7, 11) is 0. The number of rotatable bonds is 3. The number of carbonyl (C=O) groups is 1. The summed E-state index contributed by atoms with van der Waals surface area (Å²) in [6.45, 7) is -0.181. The van der Waals surface area contributed by atoms with Gasteiger partial charge in [-0.05, 0) is 24.1 Å². The van der Waals surface area contributed by atoms with Crippen LogP contribution in [0.2, 0.25) is 5.02 Å². The zero-order valence-corrected chi connectivity index (χ0v) is 8.85. The van der Waals surface area contributed by atoms with Crippen LogP contribution in [0.5, 0.6) is 0 Å². The van der Waals surface area contributed by atoms with Crippen molar-refractivity contribution in [3.8, 4) is 0 Å². The van der Waals surface area contributed by atoms with Crippen LogP contribution >= 0.6 is 11.6 Å². The van der Waals surface area contributed by atoms with Crippen LogP contribution in [0.1, 0.15) is 5.56 Å². The molecule has 0 aromatic heterocycles. The number of amides is 1. The van der Waals surface area contributed by atoms with Crippen LogP contribution in [-0.2, 0) is 11.2 Å². The van der Waals surface area contributed by atoms with E-state index in [9.17, 15) is 18.0 Å². The molecule has 16 heavy (non-hydrogen) atoms. The number of benzene rings is 1. The highest BCUT2D eigenvalue weighted by Crippen LogP contribution is 2.15. The third-order valence-corrected chi connectivity index (χ3v) is 2.06. The number of hydrogen-bond acceptors (Lipinski definition) is 1. The van der Waals surface area contributed by atoms with Crippen molar-refractivity contribution in [1.29, 1.82) is 0 Å². The molecule has 1 aromatic rings. The fourth-order valence-corrected chi connectivity index (χ4v) is 1.15. The first kappa shape index (κ1) is 12.8. The molecule has 0 saturated heterocycles. The minimum Gasteiger partial charge on any atom is -0.262 e. The molecule has 0 aliphatic heterocycles. The van der Waals surface area contributed by atoms with Crippen molar-refractivity contribution in [1.82, 2.24) is 5.32 Å². The summed E-state index contributed by atoms with van der Waals surface area (Å²) in [6.07, 6.45) is -4.60. The van der Waals surface area contributed by atoms with Crippen LogP contribution in [0.15, 0.2) is 24.3 Å². The highest BCUT2D eigenvalue weighted by molar-refractivity contribution is 6.30. The molecule has 0 saturated carbocycles. The fraction of sp³-hybridized carbons (Fsp3) is 0.300. The van der Waals surface area contributed by atoms with E-state index in [1.165, 1.54) is 0 Å². The lowest BCUT2D eigenvalue weighted by molar-refractivity contribution is -0.173. The summed E-state index contributed by atoms with van der Waals surface area (Å²) in [5.74, 6) is -2.04.